The Morgan fingerprint density at radius 1 is 1.16 bits per heavy atom. The molecule has 1 aromatic carbocycles. The van der Waals surface area contributed by atoms with Crippen LogP contribution < -0.4 is 10.6 Å². The van der Waals surface area contributed by atoms with Crippen LogP contribution in [0.3, 0.4) is 0 Å². The Kier molecular flexibility index (Phi) is 8.92. The van der Waals surface area contributed by atoms with Crippen LogP contribution in [0.25, 0.3) is 0 Å². The van der Waals surface area contributed by atoms with Gasteiger partial charge in [0.25, 0.3) is 11.8 Å². The molecule has 1 aliphatic rings. The molecule has 0 bridgehead atoms. The first kappa shape index (κ1) is 24.5. The first-order chi connectivity index (χ1) is 15.4. The topological polar surface area (TPSA) is 93.7 Å². The SMILES string of the molecule is COCCNC(=O)c1c(NC(=O)COC(=O)Cc2ccc(Cl)cc2Cl)sc2c1CCCC2. The number of aryl methyl sites for hydroxylation is 1. The molecule has 0 spiro atoms. The second-order valence-electron chi connectivity index (χ2n) is 7.29. The Bertz CT molecular complexity index is 1010. The maximum atomic E-state index is 12.8. The maximum absolute atomic E-state index is 12.8. The lowest BCUT2D eigenvalue weighted by Gasteiger charge is -2.13. The first-order valence-corrected chi connectivity index (χ1v) is 11.8. The van der Waals surface area contributed by atoms with Crippen LogP contribution >= 0.6 is 34.5 Å². The monoisotopic (exact) mass is 498 g/mol. The van der Waals surface area contributed by atoms with Gasteiger partial charge in [-0.3, -0.25) is 14.4 Å². The number of hydrogen-bond acceptors (Lipinski definition) is 6. The Labute approximate surface area is 200 Å². The van der Waals surface area contributed by atoms with Crippen molar-refractivity contribution >= 4 is 57.3 Å². The van der Waals surface area contributed by atoms with Crippen molar-refractivity contribution < 1.29 is 23.9 Å². The van der Waals surface area contributed by atoms with Gasteiger partial charge in [-0.15, -0.1) is 11.3 Å². The molecule has 2 aromatic rings. The van der Waals surface area contributed by atoms with Gasteiger partial charge in [-0.25, -0.2) is 0 Å². The molecule has 2 amide bonds. The smallest absolute Gasteiger partial charge is 0.310 e. The largest absolute Gasteiger partial charge is 0.455 e. The minimum Gasteiger partial charge on any atom is -0.455 e. The van der Waals surface area contributed by atoms with Crippen LogP contribution in [0.5, 0.6) is 0 Å². The van der Waals surface area contributed by atoms with E-state index in [9.17, 15) is 14.4 Å². The molecule has 7 nitrogen and oxygen atoms in total. The summed E-state index contributed by atoms with van der Waals surface area (Å²) < 4.78 is 10.1. The zero-order valence-corrected chi connectivity index (χ0v) is 19.9. The highest BCUT2D eigenvalue weighted by molar-refractivity contribution is 7.17. The minimum absolute atomic E-state index is 0.0796. The quantitative estimate of drug-likeness (QED) is 0.402. The van der Waals surface area contributed by atoms with E-state index in [1.807, 2.05) is 0 Å². The predicted octanol–water partition coefficient (Wildman–Crippen LogP) is 4.03. The third-order valence-electron chi connectivity index (χ3n) is 4.96. The number of fused-ring (bicyclic) bond motifs is 1. The number of nitrogens with one attached hydrogen (secondary N) is 2. The summed E-state index contributed by atoms with van der Waals surface area (Å²) >= 11 is 13.3. The van der Waals surface area contributed by atoms with E-state index in [0.717, 1.165) is 36.1 Å². The number of carbonyl (C=O) groups is 3. The molecule has 1 aliphatic carbocycles. The van der Waals surface area contributed by atoms with Gasteiger partial charge in [0.2, 0.25) is 0 Å². The van der Waals surface area contributed by atoms with Crippen LogP contribution in [0.15, 0.2) is 18.2 Å². The van der Waals surface area contributed by atoms with E-state index in [-0.39, 0.29) is 12.3 Å². The lowest BCUT2D eigenvalue weighted by atomic mass is 9.95. The van der Waals surface area contributed by atoms with E-state index in [4.69, 9.17) is 32.7 Å². The highest BCUT2D eigenvalue weighted by Gasteiger charge is 2.26. The zero-order chi connectivity index (χ0) is 23.1. The second-order valence-corrected chi connectivity index (χ2v) is 9.23. The summed E-state index contributed by atoms with van der Waals surface area (Å²) in [5.41, 5.74) is 2.04. The number of rotatable bonds is 9. The molecule has 10 heteroatoms. The first-order valence-electron chi connectivity index (χ1n) is 10.2. The van der Waals surface area contributed by atoms with Crippen molar-refractivity contribution in [1.29, 1.82) is 0 Å². The summed E-state index contributed by atoms with van der Waals surface area (Å²) in [4.78, 5) is 38.4. The van der Waals surface area contributed by atoms with Gasteiger partial charge in [-0.1, -0.05) is 29.3 Å². The van der Waals surface area contributed by atoms with Crippen molar-refractivity contribution in [3.63, 3.8) is 0 Å². The molecule has 0 saturated heterocycles. The molecule has 2 N–H and O–H groups in total. The van der Waals surface area contributed by atoms with Crippen molar-refractivity contribution in [2.24, 2.45) is 0 Å². The number of halogens is 2. The van der Waals surface area contributed by atoms with Crippen LogP contribution in [0.2, 0.25) is 10.0 Å². The van der Waals surface area contributed by atoms with Crippen molar-refractivity contribution in [3.8, 4) is 0 Å². The summed E-state index contributed by atoms with van der Waals surface area (Å²) in [7, 11) is 1.56. The summed E-state index contributed by atoms with van der Waals surface area (Å²) in [5, 5.41) is 6.86. The van der Waals surface area contributed by atoms with Gasteiger partial charge in [0.15, 0.2) is 6.61 Å². The molecule has 1 aromatic heterocycles. The number of benzene rings is 1. The van der Waals surface area contributed by atoms with Crippen LogP contribution in [0.1, 0.15) is 39.2 Å². The number of amides is 2. The molecule has 1 heterocycles. The number of hydrogen-bond donors (Lipinski definition) is 2. The standard InChI is InChI=1S/C22H24Cl2N2O5S/c1-30-9-8-25-21(29)20-15-4-2-3-5-17(15)32-22(20)26-18(27)12-31-19(28)10-13-6-7-14(23)11-16(13)24/h6-7,11H,2-5,8-10,12H2,1H3,(H,25,29)(H,26,27). The van der Waals surface area contributed by atoms with Gasteiger partial charge in [0, 0.05) is 28.6 Å². The molecule has 0 radical (unpaired) electrons. The molecule has 0 saturated carbocycles. The molecule has 172 valence electrons. The number of methoxy groups -OCH3 is 1. The molecule has 0 aliphatic heterocycles. The molecule has 0 atom stereocenters. The average Bonchev–Trinajstić information content (AvgIpc) is 3.12. The Hall–Kier alpha value is -2.13. The summed E-state index contributed by atoms with van der Waals surface area (Å²) in [6.45, 7) is 0.308. The summed E-state index contributed by atoms with van der Waals surface area (Å²) in [6.07, 6.45) is 3.65. The number of esters is 1. The van der Waals surface area contributed by atoms with Gasteiger partial charge >= 0.3 is 5.97 Å². The van der Waals surface area contributed by atoms with Crippen LogP contribution in [-0.2, 0) is 38.3 Å². The molecule has 3 rings (SSSR count). The highest BCUT2D eigenvalue weighted by Crippen LogP contribution is 2.38. The number of carbonyl (C=O) groups excluding carboxylic acids is 3. The van der Waals surface area contributed by atoms with Crippen molar-refractivity contribution in [2.75, 3.05) is 32.2 Å². The van der Waals surface area contributed by atoms with Crippen LogP contribution in [-0.4, -0.2) is 44.7 Å². The van der Waals surface area contributed by atoms with Gasteiger partial charge in [-0.05, 0) is 48.9 Å². The third-order valence-corrected chi connectivity index (χ3v) is 6.75. The van der Waals surface area contributed by atoms with E-state index in [1.165, 1.54) is 17.4 Å². The van der Waals surface area contributed by atoms with E-state index in [1.54, 1.807) is 19.2 Å². The Morgan fingerprint density at radius 2 is 1.94 bits per heavy atom. The normalized spacial score (nSPS) is 12.7. The number of anilines is 1. The Balaban J connectivity index is 1.62. The summed E-state index contributed by atoms with van der Waals surface area (Å²) in [5.74, 6) is -1.34. The lowest BCUT2D eigenvalue weighted by molar-refractivity contribution is -0.146. The fraction of sp³-hybridized carbons (Fsp3) is 0.409. The van der Waals surface area contributed by atoms with E-state index < -0.39 is 18.5 Å². The van der Waals surface area contributed by atoms with E-state index in [0.29, 0.717) is 39.3 Å². The third kappa shape index (κ3) is 6.45. The number of ether oxygens (including phenoxy) is 2. The van der Waals surface area contributed by atoms with Crippen molar-refractivity contribution in [2.45, 2.75) is 32.1 Å². The molecule has 0 fully saturated rings. The zero-order valence-electron chi connectivity index (χ0n) is 17.6. The van der Waals surface area contributed by atoms with Gasteiger partial charge in [0.1, 0.15) is 5.00 Å². The molecule has 0 unspecified atom stereocenters. The molecular formula is C22H24Cl2N2O5S. The van der Waals surface area contributed by atoms with Crippen molar-refractivity contribution in [3.05, 3.63) is 49.8 Å². The Morgan fingerprint density at radius 3 is 2.69 bits per heavy atom. The van der Waals surface area contributed by atoms with Crippen molar-refractivity contribution in [1.82, 2.24) is 5.32 Å². The van der Waals surface area contributed by atoms with Gasteiger partial charge in [0.05, 0.1) is 18.6 Å². The van der Waals surface area contributed by atoms with E-state index in [2.05, 4.69) is 10.6 Å². The second kappa shape index (κ2) is 11.7. The van der Waals surface area contributed by atoms with Gasteiger partial charge in [-0.2, -0.15) is 0 Å². The summed E-state index contributed by atoms with van der Waals surface area (Å²) in [6, 6.07) is 4.80. The van der Waals surface area contributed by atoms with Crippen LogP contribution in [0, 0.1) is 0 Å². The highest BCUT2D eigenvalue weighted by atomic mass is 35.5. The fourth-order valence-electron chi connectivity index (χ4n) is 3.43. The van der Waals surface area contributed by atoms with Crippen LogP contribution in [0.4, 0.5) is 5.00 Å². The minimum atomic E-state index is -0.590. The van der Waals surface area contributed by atoms with E-state index >= 15 is 0 Å². The lowest BCUT2D eigenvalue weighted by Crippen LogP contribution is -2.29. The maximum Gasteiger partial charge on any atom is 0.310 e. The molecule has 32 heavy (non-hydrogen) atoms. The average molecular weight is 499 g/mol. The number of thiophene rings is 1. The predicted molar refractivity (Wildman–Crippen MR) is 125 cm³/mol. The van der Waals surface area contributed by atoms with Gasteiger partial charge < -0.3 is 20.1 Å². The fourth-order valence-corrected chi connectivity index (χ4v) is 5.21. The molecular weight excluding hydrogens is 475 g/mol.